The van der Waals surface area contributed by atoms with Gasteiger partial charge in [-0.1, -0.05) is 25.3 Å². The summed E-state index contributed by atoms with van der Waals surface area (Å²) < 4.78 is 15.8. The summed E-state index contributed by atoms with van der Waals surface area (Å²) in [4.78, 5) is 11.0. The minimum absolute atomic E-state index is 0.315. The van der Waals surface area contributed by atoms with Crippen LogP contribution in [0.2, 0.25) is 0 Å². The van der Waals surface area contributed by atoms with Crippen LogP contribution in [0.1, 0.15) is 18.6 Å². The summed E-state index contributed by atoms with van der Waals surface area (Å²) in [6.45, 7) is 9.02. The van der Waals surface area contributed by atoms with Crippen molar-refractivity contribution in [1.82, 2.24) is 0 Å². The molecule has 0 aliphatic carbocycles. The molecule has 0 spiro atoms. The number of esters is 1. The first-order chi connectivity index (χ1) is 10.1. The number of benzene rings is 1. The average Bonchev–Trinajstić information content (AvgIpc) is 2.48. The SMILES string of the molecule is C=CCOc1cc(OCC=C)cc([C@H](C#N)OC(C)=O)c1. The molecule has 0 saturated carbocycles. The number of rotatable bonds is 8. The minimum Gasteiger partial charge on any atom is -0.489 e. The van der Waals surface area contributed by atoms with Gasteiger partial charge in [0, 0.05) is 18.6 Å². The lowest BCUT2D eigenvalue weighted by Gasteiger charge is -2.14. The van der Waals surface area contributed by atoms with Crippen molar-refractivity contribution in [3.05, 3.63) is 49.1 Å². The zero-order valence-electron chi connectivity index (χ0n) is 11.9. The molecule has 0 heterocycles. The first-order valence-corrected chi connectivity index (χ1v) is 6.30. The standard InChI is InChI=1S/C16H17NO4/c1-4-6-19-14-8-13(16(11-17)21-12(3)18)9-15(10-14)20-7-5-2/h4-5,8-10,16H,1-2,6-7H2,3H3/t16-/m0/s1. The van der Waals surface area contributed by atoms with E-state index in [4.69, 9.17) is 19.5 Å². The molecule has 0 amide bonds. The van der Waals surface area contributed by atoms with Crippen molar-refractivity contribution in [2.45, 2.75) is 13.0 Å². The van der Waals surface area contributed by atoms with Gasteiger partial charge in [0.25, 0.3) is 0 Å². The van der Waals surface area contributed by atoms with E-state index in [0.717, 1.165) is 0 Å². The minimum atomic E-state index is -1.01. The largest absolute Gasteiger partial charge is 0.489 e. The Labute approximate surface area is 124 Å². The van der Waals surface area contributed by atoms with Crippen LogP contribution in [0, 0.1) is 11.3 Å². The zero-order chi connectivity index (χ0) is 15.7. The van der Waals surface area contributed by atoms with Crippen LogP contribution < -0.4 is 9.47 Å². The molecule has 110 valence electrons. The van der Waals surface area contributed by atoms with Gasteiger partial charge in [-0.3, -0.25) is 4.79 Å². The molecular weight excluding hydrogens is 270 g/mol. The molecule has 21 heavy (non-hydrogen) atoms. The van der Waals surface area contributed by atoms with E-state index in [0.29, 0.717) is 30.3 Å². The van der Waals surface area contributed by atoms with Crippen LogP contribution in [0.15, 0.2) is 43.5 Å². The van der Waals surface area contributed by atoms with Gasteiger partial charge < -0.3 is 14.2 Å². The Morgan fingerprint density at radius 3 is 2.14 bits per heavy atom. The molecule has 5 nitrogen and oxygen atoms in total. The Kier molecular flexibility index (Phi) is 6.55. The second kappa shape index (κ2) is 8.43. The van der Waals surface area contributed by atoms with Gasteiger partial charge in [0.05, 0.1) is 0 Å². The predicted octanol–water partition coefficient (Wildman–Crippen LogP) is 2.94. The summed E-state index contributed by atoms with van der Waals surface area (Å²) in [7, 11) is 0. The maximum absolute atomic E-state index is 11.0. The van der Waals surface area contributed by atoms with E-state index in [-0.39, 0.29) is 0 Å². The summed E-state index contributed by atoms with van der Waals surface area (Å²) in [5.74, 6) is 0.463. The number of hydrogen-bond donors (Lipinski definition) is 0. The van der Waals surface area contributed by atoms with E-state index >= 15 is 0 Å². The Balaban J connectivity index is 3.09. The van der Waals surface area contributed by atoms with Gasteiger partial charge >= 0.3 is 5.97 Å². The maximum Gasteiger partial charge on any atom is 0.304 e. The van der Waals surface area contributed by atoms with E-state index < -0.39 is 12.1 Å². The van der Waals surface area contributed by atoms with Gasteiger partial charge in [-0.25, -0.2) is 0 Å². The molecule has 0 aliphatic rings. The van der Waals surface area contributed by atoms with Crippen molar-refractivity contribution >= 4 is 5.97 Å². The Bertz CT molecular complexity index is 530. The van der Waals surface area contributed by atoms with Crippen LogP contribution in [0.4, 0.5) is 0 Å². The van der Waals surface area contributed by atoms with Gasteiger partial charge in [0.1, 0.15) is 30.8 Å². The number of carbonyl (C=O) groups excluding carboxylic acids is 1. The second-order valence-corrected chi connectivity index (χ2v) is 4.06. The van der Waals surface area contributed by atoms with Crippen molar-refractivity contribution in [1.29, 1.82) is 5.26 Å². The molecule has 0 bridgehead atoms. The highest BCUT2D eigenvalue weighted by Crippen LogP contribution is 2.28. The number of ether oxygens (including phenoxy) is 3. The van der Waals surface area contributed by atoms with Crippen molar-refractivity contribution in [3.63, 3.8) is 0 Å². The number of hydrogen-bond acceptors (Lipinski definition) is 5. The summed E-state index contributed by atoms with van der Waals surface area (Å²) >= 11 is 0. The number of nitriles is 1. The number of nitrogens with zero attached hydrogens (tertiary/aromatic N) is 1. The molecule has 1 rings (SSSR count). The van der Waals surface area contributed by atoms with Crippen molar-refractivity contribution < 1.29 is 19.0 Å². The van der Waals surface area contributed by atoms with Gasteiger partial charge in [-0.2, -0.15) is 5.26 Å². The molecule has 1 aromatic rings. The fraction of sp³-hybridized carbons (Fsp3) is 0.250. The molecule has 0 aromatic heterocycles. The fourth-order valence-corrected chi connectivity index (χ4v) is 1.56. The Hall–Kier alpha value is -2.74. The normalized spacial score (nSPS) is 10.9. The van der Waals surface area contributed by atoms with Gasteiger partial charge in [0.2, 0.25) is 6.10 Å². The third-order valence-electron chi connectivity index (χ3n) is 2.34. The fourth-order valence-electron chi connectivity index (χ4n) is 1.56. The second-order valence-electron chi connectivity index (χ2n) is 4.06. The molecular formula is C16H17NO4. The molecule has 0 saturated heterocycles. The quantitative estimate of drug-likeness (QED) is 0.543. The zero-order valence-corrected chi connectivity index (χ0v) is 11.9. The van der Waals surface area contributed by atoms with Crippen molar-refractivity contribution in [2.75, 3.05) is 13.2 Å². The maximum atomic E-state index is 11.0. The van der Waals surface area contributed by atoms with Crippen LogP contribution in [0.3, 0.4) is 0 Å². The van der Waals surface area contributed by atoms with Crippen molar-refractivity contribution in [2.24, 2.45) is 0 Å². The molecule has 0 radical (unpaired) electrons. The van der Waals surface area contributed by atoms with Crippen LogP contribution in [0.5, 0.6) is 11.5 Å². The first-order valence-electron chi connectivity index (χ1n) is 6.30. The summed E-state index contributed by atoms with van der Waals surface area (Å²) in [5, 5.41) is 9.12. The van der Waals surface area contributed by atoms with Crippen LogP contribution in [0.25, 0.3) is 0 Å². The highest BCUT2D eigenvalue weighted by atomic mass is 16.5. The summed E-state index contributed by atoms with van der Waals surface area (Å²) in [5.41, 5.74) is 0.480. The monoisotopic (exact) mass is 287 g/mol. The molecule has 1 aromatic carbocycles. The van der Waals surface area contributed by atoms with E-state index in [1.807, 2.05) is 6.07 Å². The van der Waals surface area contributed by atoms with E-state index in [1.54, 1.807) is 30.4 Å². The highest BCUT2D eigenvalue weighted by Gasteiger charge is 2.16. The predicted molar refractivity (Wildman–Crippen MR) is 77.9 cm³/mol. The van der Waals surface area contributed by atoms with Crippen molar-refractivity contribution in [3.8, 4) is 17.6 Å². The topological polar surface area (TPSA) is 68.6 Å². The van der Waals surface area contributed by atoms with Crippen LogP contribution in [-0.4, -0.2) is 19.2 Å². The molecule has 1 atom stereocenters. The smallest absolute Gasteiger partial charge is 0.304 e. The molecule has 0 aliphatic heterocycles. The van der Waals surface area contributed by atoms with Gasteiger partial charge in [-0.15, -0.1) is 0 Å². The van der Waals surface area contributed by atoms with E-state index in [2.05, 4.69) is 13.2 Å². The molecule has 0 fully saturated rings. The van der Waals surface area contributed by atoms with Gasteiger partial charge in [-0.05, 0) is 12.1 Å². The van der Waals surface area contributed by atoms with Gasteiger partial charge in [0.15, 0.2) is 0 Å². The lowest BCUT2D eigenvalue weighted by molar-refractivity contribution is -0.144. The number of carbonyl (C=O) groups is 1. The Morgan fingerprint density at radius 2 is 1.76 bits per heavy atom. The summed E-state index contributed by atoms with van der Waals surface area (Å²) in [6.07, 6.45) is 2.19. The third kappa shape index (κ3) is 5.41. The van der Waals surface area contributed by atoms with E-state index in [9.17, 15) is 4.79 Å². The lowest BCUT2D eigenvalue weighted by atomic mass is 10.1. The molecule has 0 N–H and O–H groups in total. The molecule has 0 unspecified atom stereocenters. The average molecular weight is 287 g/mol. The van der Waals surface area contributed by atoms with Crippen LogP contribution >= 0.6 is 0 Å². The highest BCUT2D eigenvalue weighted by molar-refractivity contribution is 5.66. The van der Waals surface area contributed by atoms with Crippen LogP contribution in [-0.2, 0) is 9.53 Å². The van der Waals surface area contributed by atoms with E-state index in [1.165, 1.54) is 6.92 Å². The third-order valence-corrected chi connectivity index (χ3v) is 2.34. The lowest BCUT2D eigenvalue weighted by Crippen LogP contribution is -2.07. The first kappa shape index (κ1) is 16.3. The summed E-state index contributed by atoms with van der Waals surface area (Å²) in [6, 6.07) is 6.85. The molecule has 5 heteroatoms. The Morgan fingerprint density at radius 1 is 1.24 bits per heavy atom.